The number of hydrogen-bond acceptors (Lipinski definition) is 5. The van der Waals surface area contributed by atoms with Crippen LogP contribution in [0.1, 0.15) is 41.0 Å². The van der Waals surface area contributed by atoms with Gasteiger partial charge in [0.2, 0.25) is 0 Å². The molecule has 70 valence electrons. The van der Waals surface area contributed by atoms with E-state index >= 15 is 0 Å². The third-order valence-corrected chi connectivity index (χ3v) is 2.82. The molecule has 0 aliphatic heterocycles. The molecule has 1 aliphatic carbocycles. The number of rotatable bonds is 3. The van der Waals surface area contributed by atoms with Crippen molar-refractivity contribution in [1.82, 2.24) is 9.59 Å². The van der Waals surface area contributed by atoms with Crippen molar-refractivity contribution in [2.45, 2.75) is 25.7 Å². The lowest BCUT2D eigenvalue weighted by Gasteiger charge is -1.98. The van der Waals surface area contributed by atoms with E-state index in [0.29, 0.717) is 18.2 Å². The van der Waals surface area contributed by atoms with Gasteiger partial charge in [0.15, 0.2) is 5.69 Å². The topological polar surface area (TPSA) is 52.1 Å². The molecule has 1 fully saturated rings. The van der Waals surface area contributed by atoms with Gasteiger partial charge in [-0.3, -0.25) is 0 Å². The molecule has 1 aromatic rings. The smallest absolute Gasteiger partial charge is 0.360 e. The predicted octanol–water partition coefficient (Wildman–Crippen LogP) is 1.59. The molecule has 1 heterocycles. The molecular weight excluding hydrogens is 188 g/mol. The first-order valence-electron chi connectivity index (χ1n) is 4.32. The van der Waals surface area contributed by atoms with Gasteiger partial charge in [0.05, 0.1) is 11.5 Å². The second-order valence-electron chi connectivity index (χ2n) is 2.98. The van der Waals surface area contributed by atoms with E-state index in [9.17, 15) is 4.79 Å². The molecule has 0 bridgehead atoms. The van der Waals surface area contributed by atoms with E-state index in [-0.39, 0.29) is 5.97 Å². The lowest BCUT2D eigenvalue weighted by molar-refractivity contribution is 0.0518. The molecule has 2 rings (SSSR count). The fraction of sp³-hybridized carbons (Fsp3) is 0.625. The van der Waals surface area contributed by atoms with E-state index in [1.807, 2.05) is 0 Å². The zero-order chi connectivity index (χ0) is 9.26. The van der Waals surface area contributed by atoms with Crippen molar-refractivity contribution in [1.29, 1.82) is 0 Å². The molecule has 0 amide bonds. The summed E-state index contributed by atoms with van der Waals surface area (Å²) in [6.07, 6.45) is 2.30. The summed E-state index contributed by atoms with van der Waals surface area (Å²) in [5.74, 6) is 0.178. The minimum atomic E-state index is -0.335. The van der Waals surface area contributed by atoms with Crippen LogP contribution in [0.25, 0.3) is 0 Å². The average Bonchev–Trinajstić information content (AvgIpc) is 2.84. The highest BCUT2D eigenvalue weighted by Crippen LogP contribution is 2.42. The van der Waals surface area contributed by atoms with Crippen molar-refractivity contribution in [3.05, 3.63) is 10.6 Å². The Kier molecular flexibility index (Phi) is 2.26. The normalized spacial score (nSPS) is 15.8. The summed E-state index contributed by atoms with van der Waals surface area (Å²) in [5.41, 5.74) is 0.425. The number of aromatic nitrogens is 2. The van der Waals surface area contributed by atoms with Crippen molar-refractivity contribution < 1.29 is 9.53 Å². The van der Waals surface area contributed by atoms with Crippen LogP contribution in [0.2, 0.25) is 0 Å². The molecule has 0 radical (unpaired) electrons. The molecule has 0 saturated heterocycles. The molecule has 0 aromatic carbocycles. The Labute approximate surface area is 80.1 Å². The summed E-state index contributed by atoms with van der Waals surface area (Å²) in [5, 5.41) is 3.79. The fourth-order valence-corrected chi connectivity index (χ4v) is 1.96. The average molecular weight is 198 g/mol. The van der Waals surface area contributed by atoms with E-state index < -0.39 is 0 Å². The van der Waals surface area contributed by atoms with E-state index in [1.54, 1.807) is 6.92 Å². The highest BCUT2D eigenvalue weighted by atomic mass is 32.1. The summed E-state index contributed by atoms with van der Waals surface area (Å²) in [6, 6.07) is 0. The zero-order valence-electron chi connectivity index (χ0n) is 7.32. The quantitative estimate of drug-likeness (QED) is 0.692. The van der Waals surface area contributed by atoms with Crippen LogP contribution in [-0.4, -0.2) is 22.2 Å². The summed E-state index contributed by atoms with van der Waals surface area (Å²) >= 11 is 1.31. The molecule has 1 aromatic heterocycles. The Morgan fingerprint density at radius 3 is 3.08 bits per heavy atom. The standard InChI is InChI=1S/C8H10N2O2S/c1-2-12-8(11)6-7(5-3-4-5)13-10-9-6/h5H,2-4H2,1H3. The first-order valence-corrected chi connectivity index (χ1v) is 5.09. The fourth-order valence-electron chi connectivity index (χ4n) is 1.15. The van der Waals surface area contributed by atoms with Gasteiger partial charge in [-0.05, 0) is 37.2 Å². The summed E-state index contributed by atoms with van der Waals surface area (Å²) < 4.78 is 8.65. The first-order chi connectivity index (χ1) is 6.33. The number of ether oxygens (including phenoxy) is 1. The molecule has 1 aliphatic rings. The third-order valence-electron chi connectivity index (χ3n) is 1.93. The van der Waals surface area contributed by atoms with Crippen molar-refractivity contribution in [2.24, 2.45) is 0 Å². The van der Waals surface area contributed by atoms with Crippen LogP contribution in [0.5, 0.6) is 0 Å². The van der Waals surface area contributed by atoms with Crippen LogP contribution in [0.4, 0.5) is 0 Å². The second-order valence-corrected chi connectivity index (χ2v) is 3.77. The van der Waals surface area contributed by atoms with Gasteiger partial charge >= 0.3 is 5.97 Å². The molecule has 4 nitrogen and oxygen atoms in total. The maximum atomic E-state index is 11.3. The molecule has 1 saturated carbocycles. The lowest BCUT2D eigenvalue weighted by Crippen LogP contribution is -2.07. The molecule has 0 atom stereocenters. The minimum Gasteiger partial charge on any atom is -0.461 e. The van der Waals surface area contributed by atoms with Gasteiger partial charge < -0.3 is 4.74 Å². The Hall–Kier alpha value is -0.970. The molecule has 0 N–H and O–H groups in total. The Bertz CT molecular complexity index is 320. The highest BCUT2D eigenvalue weighted by Gasteiger charge is 2.31. The minimum absolute atomic E-state index is 0.335. The first kappa shape index (κ1) is 8.62. The van der Waals surface area contributed by atoms with Crippen LogP contribution in [-0.2, 0) is 4.74 Å². The van der Waals surface area contributed by atoms with Gasteiger partial charge in [0, 0.05) is 0 Å². The number of nitrogens with zero attached hydrogens (tertiary/aromatic N) is 2. The van der Waals surface area contributed by atoms with Crippen LogP contribution < -0.4 is 0 Å². The maximum Gasteiger partial charge on any atom is 0.360 e. The largest absolute Gasteiger partial charge is 0.461 e. The second kappa shape index (κ2) is 3.41. The van der Waals surface area contributed by atoms with Crippen LogP contribution in [0, 0.1) is 0 Å². The van der Waals surface area contributed by atoms with Gasteiger partial charge in [-0.1, -0.05) is 4.49 Å². The van der Waals surface area contributed by atoms with Crippen LogP contribution in [0.15, 0.2) is 0 Å². The summed E-state index contributed by atoms with van der Waals surface area (Å²) in [6.45, 7) is 2.18. The van der Waals surface area contributed by atoms with Gasteiger partial charge in [-0.15, -0.1) is 5.10 Å². The lowest BCUT2D eigenvalue weighted by atomic mass is 10.3. The highest BCUT2D eigenvalue weighted by molar-refractivity contribution is 7.06. The maximum absolute atomic E-state index is 11.3. The van der Waals surface area contributed by atoms with E-state index in [1.165, 1.54) is 11.5 Å². The van der Waals surface area contributed by atoms with Crippen LogP contribution >= 0.6 is 11.5 Å². The number of hydrogen-bond donors (Lipinski definition) is 0. The Morgan fingerprint density at radius 2 is 2.46 bits per heavy atom. The molecular formula is C8H10N2O2S. The molecule has 5 heteroatoms. The molecule has 0 spiro atoms. The third kappa shape index (κ3) is 1.70. The molecule has 13 heavy (non-hydrogen) atoms. The number of esters is 1. The van der Waals surface area contributed by atoms with Gasteiger partial charge in [0.25, 0.3) is 0 Å². The SMILES string of the molecule is CCOC(=O)c1nnsc1C1CC1. The van der Waals surface area contributed by atoms with E-state index in [2.05, 4.69) is 9.59 Å². The van der Waals surface area contributed by atoms with Crippen molar-refractivity contribution in [3.8, 4) is 0 Å². The summed E-state index contributed by atoms with van der Waals surface area (Å²) in [4.78, 5) is 12.3. The monoisotopic (exact) mass is 198 g/mol. The van der Waals surface area contributed by atoms with Crippen molar-refractivity contribution in [2.75, 3.05) is 6.61 Å². The zero-order valence-corrected chi connectivity index (χ0v) is 8.13. The van der Waals surface area contributed by atoms with E-state index in [0.717, 1.165) is 17.7 Å². The van der Waals surface area contributed by atoms with E-state index in [4.69, 9.17) is 4.74 Å². The van der Waals surface area contributed by atoms with Crippen molar-refractivity contribution in [3.63, 3.8) is 0 Å². The van der Waals surface area contributed by atoms with Crippen LogP contribution in [0.3, 0.4) is 0 Å². The van der Waals surface area contributed by atoms with Crippen molar-refractivity contribution >= 4 is 17.5 Å². The number of carbonyl (C=O) groups excluding carboxylic acids is 1. The Balaban J connectivity index is 2.18. The Morgan fingerprint density at radius 1 is 1.69 bits per heavy atom. The predicted molar refractivity (Wildman–Crippen MR) is 47.8 cm³/mol. The summed E-state index contributed by atoms with van der Waals surface area (Å²) in [7, 11) is 0. The van der Waals surface area contributed by atoms with Gasteiger partial charge in [-0.25, -0.2) is 4.79 Å². The van der Waals surface area contributed by atoms with Gasteiger partial charge in [-0.2, -0.15) is 0 Å². The van der Waals surface area contributed by atoms with Gasteiger partial charge in [0.1, 0.15) is 0 Å². The molecule has 0 unspecified atom stereocenters. The number of carbonyl (C=O) groups is 1.